The van der Waals surface area contributed by atoms with Gasteiger partial charge in [-0.1, -0.05) is 0 Å². The third-order valence-electron chi connectivity index (χ3n) is 6.24. The summed E-state index contributed by atoms with van der Waals surface area (Å²) in [5, 5.41) is 9.99. The summed E-state index contributed by atoms with van der Waals surface area (Å²) in [5.74, 6) is 0.0811. The third-order valence-corrected chi connectivity index (χ3v) is 6.24. The lowest BCUT2D eigenvalue weighted by Crippen LogP contribution is -2.48. The van der Waals surface area contributed by atoms with Crippen molar-refractivity contribution in [3.05, 3.63) is 40.0 Å². The molecule has 30 heavy (non-hydrogen) atoms. The standard InChI is InChI=1S/C22H31N7O/c1-7-29-21-20(16(4)25-29)18(12-14(2)23-21)22(30)28-10-8-27(9-11-28)13-19-15(3)24-26(6)17(19)5/h12H,7-11,13H2,1-6H3. The molecule has 0 atom stereocenters. The molecule has 0 saturated carbocycles. The first-order valence-electron chi connectivity index (χ1n) is 10.7. The fraction of sp³-hybridized carbons (Fsp3) is 0.545. The Kier molecular flexibility index (Phi) is 5.36. The van der Waals surface area contributed by atoms with Crippen molar-refractivity contribution in [2.75, 3.05) is 26.2 Å². The fourth-order valence-electron chi connectivity index (χ4n) is 4.42. The molecule has 1 amide bonds. The molecular weight excluding hydrogens is 378 g/mol. The van der Waals surface area contributed by atoms with Crippen LogP contribution >= 0.6 is 0 Å². The third kappa shape index (κ3) is 3.49. The number of carbonyl (C=O) groups excluding carboxylic acids is 1. The van der Waals surface area contributed by atoms with E-state index < -0.39 is 0 Å². The zero-order valence-electron chi connectivity index (χ0n) is 18.9. The van der Waals surface area contributed by atoms with Crippen molar-refractivity contribution in [3.63, 3.8) is 0 Å². The van der Waals surface area contributed by atoms with Gasteiger partial charge in [0.15, 0.2) is 5.65 Å². The molecule has 0 bridgehead atoms. The van der Waals surface area contributed by atoms with Crippen molar-refractivity contribution >= 4 is 16.9 Å². The van der Waals surface area contributed by atoms with Crippen LogP contribution in [0.5, 0.6) is 0 Å². The van der Waals surface area contributed by atoms with Crippen molar-refractivity contribution in [3.8, 4) is 0 Å². The molecule has 1 aliphatic heterocycles. The summed E-state index contributed by atoms with van der Waals surface area (Å²) in [5.41, 5.74) is 6.84. The van der Waals surface area contributed by atoms with Gasteiger partial charge in [0.1, 0.15) is 0 Å². The maximum absolute atomic E-state index is 13.4. The molecule has 4 rings (SSSR count). The molecule has 1 saturated heterocycles. The molecule has 0 aliphatic carbocycles. The van der Waals surface area contributed by atoms with Gasteiger partial charge in [0.2, 0.25) is 0 Å². The van der Waals surface area contributed by atoms with E-state index in [9.17, 15) is 4.79 Å². The highest BCUT2D eigenvalue weighted by Gasteiger charge is 2.26. The number of amides is 1. The lowest BCUT2D eigenvalue weighted by Gasteiger charge is -2.35. The first-order valence-corrected chi connectivity index (χ1v) is 10.7. The molecule has 8 nitrogen and oxygen atoms in total. The molecule has 0 unspecified atom stereocenters. The second-order valence-electron chi connectivity index (χ2n) is 8.25. The smallest absolute Gasteiger partial charge is 0.254 e. The molecule has 1 aliphatic rings. The van der Waals surface area contributed by atoms with Crippen molar-refractivity contribution in [2.45, 2.75) is 47.7 Å². The average molecular weight is 410 g/mol. The van der Waals surface area contributed by atoms with Gasteiger partial charge in [-0.25, -0.2) is 9.67 Å². The number of hydrogen-bond donors (Lipinski definition) is 0. The number of fused-ring (bicyclic) bond motifs is 1. The van der Waals surface area contributed by atoms with Crippen molar-refractivity contribution in [1.29, 1.82) is 0 Å². The van der Waals surface area contributed by atoms with Gasteiger partial charge >= 0.3 is 0 Å². The Morgan fingerprint density at radius 1 is 1.03 bits per heavy atom. The van der Waals surface area contributed by atoms with E-state index in [4.69, 9.17) is 0 Å². The fourth-order valence-corrected chi connectivity index (χ4v) is 4.42. The summed E-state index contributed by atoms with van der Waals surface area (Å²) >= 11 is 0. The van der Waals surface area contributed by atoms with Gasteiger partial charge < -0.3 is 4.90 Å². The number of hydrogen-bond acceptors (Lipinski definition) is 5. The topological polar surface area (TPSA) is 72.1 Å². The minimum absolute atomic E-state index is 0.0811. The van der Waals surface area contributed by atoms with Crippen LogP contribution in [-0.2, 0) is 20.1 Å². The van der Waals surface area contributed by atoms with Crippen LogP contribution in [0.1, 0.15) is 45.6 Å². The summed E-state index contributed by atoms with van der Waals surface area (Å²) < 4.78 is 3.82. The molecule has 0 spiro atoms. The molecule has 4 heterocycles. The van der Waals surface area contributed by atoms with E-state index in [0.29, 0.717) is 0 Å². The van der Waals surface area contributed by atoms with Crippen LogP contribution in [0.4, 0.5) is 0 Å². The van der Waals surface area contributed by atoms with Gasteiger partial charge in [-0.2, -0.15) is 10.2 Å². The highest BCUT2D eigenvalue weighted by Crippen LogP contribution is 2.24. The number of aryl methyl sites for hydroxylation is 5. The molecule has 160 valence electrons. The highest BCUT2D eigenvalue weighted by atomic mass is 16.2. The maximum Gasteiger partial charge on any atom is 0.254 e. The van der Waals surface area contributed by atoms with Gasteiger partial charge in [-0.05, 0) is 40.7 Å². The normalized spacial score (nSPS) is 15.3. The zero-order chi connectivity index (χ0) is 21.6. The second kappa shape index (κ2) is 7.83. The van der Waals surface area contributed by atoms with E-state index in [-0.39, 0.29) is 5.91 Å². The van der Waals surface area contributed by atoms with E-state index in [1.165, 1.54) is 11.3 Å². The SMILES string of the molecule is CCn1nc(C)c2c(C(=O)N3CCN(Cc4c(C)nn(C)c4C)CC3)cc(C)nc21. The lowest BCUT2D eigenvalue weighted by molar-refractivity contribution is 0.0629. The van der Waals surface area contributed by atoms with Crippen LogP contribution in [0, 0.1) is 27.7 Å². The van der Waals surface area contributed by atoms with E-state index >= 15 is 0 Å². The minimum atomic E-state index is 0.0811. The number of piperazine rings is 1. The summed E-state index contributed by atoms with van der Waals surface area (Å²) in [6, 6.07) is 1.91. The van der Waals surface area contributed by atoms with E-state index in [1.807, 2.05) is 48.1 Å². The van der Waals surface area contributed by atoms with Crippen LogP contribution in [-0.4, -0.2) is 66.4 Å². The first-order chi connectivity index (χ1) is 14.3. The monoisotopic (exact) mass is 409 g/mol. The maximum atomic E-state index is 13.4. The van der Waals surface area contributed by atoms with E-state index in [0.717, 1.165) is 72.9 Å². The number of pyridine rings is 1. The lowest BCUT2D eigenvalue weighted by atomic mass is 10.1. The predicted octanol–water partition coefficient (Wildman–Crippen LogP) is 2.38. The zero-order valence-corrected chi connectivity index (χ0v) is 18.9. The molecule has 0 N–H and O–H groups in total. The molecular formula is C22H31N7O. The Morgan fingerprint density at radius 3 is 2.33 bits per heavy atom. The Morgan fingerprint density at radius 2 is 1.73 bits per heavy atom. The minimum Gasteiger partial charge on any atom is -0.336 e. The average Bonchev–Trinajstić information content (AvgIpc) is 3.17. The van der Waals surface area contributed by atoms with Gasteiger partial charge in [-0.3, -0.25) is 14.4 Å². The second-order valence-corrected chi connectivity index (χ2v) is 8.25. The molecule has 1 fully saturated rings. The molecule has 0 radical (unpaired) electrons. The van der Waals surface area contributed by atoms with Crippen LogP contribution in [0.25, 0.3) is 11.0 Å². The first kappa shape index (κ1) is 20.5. The van der Waals surface area contributed by atoms with E-state index in [2.05, 4.69) is 33.9 Å². The summed E-state index contributed by atoms with van der Waals surface area (Å²) in [7, 11) is 1.99. The molecule has 3 aromatic heterocycles. The predicted molar refractivity (Wildman–Crippen MR) is 117 cm³/mol. The van der Waals surface area contributed by atoms with Crippen LogP contribution < -0.4 is 0 Å². The summed E-state index contributed by atoms with van der Waals surface area (Å²) in [6.45, 7) is 14.9. The van der Waals surface area contributed by atoms with Gasteiger partial charge in [0.05, 0.1) is 22.3 Å². The van der Waals surface area contributed by atoms with Crippen molar-refractivity contribution in [2.24, 2.45) is 7.05 Å². The van der Waals surface area contributed by atoms with Gasteiger partial charge in [0.25, 0.3) is 5.91 Å². The van der Waals surface area contributed by atoms with E-state index in [1.54, 1.807) is 0 Å². The number of aromatic nitrogens is 5. The quantitative estimate of drug-likeness (QED) is 0.662. The summed E-state index contributed by atoms with van der Waals surface area (Å²) in [4.78, 5) is 22.4. The van der Waals surface area contributed by atoms with Crippen LogP contribution in [0.2, 0.25) is 0 Å². The van der Waals surface area contributed by atoms with Gasteiger partial charge in [-0.15, -0.1) is 0 Å². The number of rotatable bonds is 4. The largest absolute Gasteiger partial charge is 0.336 e. The van der Waals surface area contributed by atoms with Crippen LogP contribution in [0.3, 0.4) is 0 Å². The molecule has 0 aromatic carbocycles. The molecule has 3 aromatic rings. The Balaban J connectivity index is 1.52. The number of carbonyl (C=O) groups is 1. The Hall–Kier alpha value is -2.74. The molecule has 8 heteroatoms. The Labute approximate surface area is 177 Å². The summed E-state index contributed by atoms with van der Waals surface area (Å²) in [6.07, 6.45) is 0. The number of nitrogens with zero attached hydrogens (tertiary/aromatic N) is 7. The van der Waals surface area contributed by atoms with Crippen molar-refractivity contribution < 1.29 is 4.79 Å². The Bertz CT molecular complexity index is 1100. The van der Waals surface area contributed by atoms with Gasteiger partial charge in [0, 0.05) is 63.3 Å². The van der Waals surface area contributed by atoms with Crippen LogP contribution in [0.15, 0.2) is 6.07 Å². The van der Waals surface area contributed by atoms with Crippen molar-refractivity contribution in [1.82, 2.24) is 34.3 Å². The highest BCUT2D eigenvalue weighted by molar-refractivity contribution is 6.06.